The quantitative estimate of drug-likeness (QED) is 0.893. The Morgan fingerprint density at radius 3 is 2.90 bits per heavy atom. The van der Waals surface area contributed by atoms with E-state index in [-0.39, 0.29) is 18.0 Å². The number of carbonyl (C=O) groups is 1. The summed E-state index contributed by atoms with van der Waals surface area (Å²) in [6.07, 6.45) is 0. The van der Waals surface area contributed by atoms with Crippen molar-refractivity contribution in [2.45, 2.75) is 19.0 Å². The fraction of sp³-hybridized carbons (Fsp3) is 0.533. The molecule has 0 aromatic heterocycles. The maximum atomic E-state index is 12.4. The first-order chi connectivity index (χ1) is 9.75. The van der Waals surface area contributed by atoms with E-state index in [4.69, 9.17) is 9.47 Å². The van der Waals surface area contributed by atoms with Crippen LogP contribution in [0.1, 0.15) is 18.5 Å². The highest BCUT2D eigenvalue weighted by Crippen LogP contribution is 2.31. The van der Waals surface area contributed by atoms with Crippen LogP contribution >= 0.6 is 0 Å². The summed E-state index contributed by atoms with van der Waals surface area (Å²) >= 11 is 0. The fourth-order valence-corrected chi connectivity index (χ4v) is 2.73. The molecular weight excluding hydrogens is 256 g/mol. The van der Waals surface area contributed by atoms with Gasteiger partial charge >= 0.3 is 0 Å². The summed E-state index contributed by atoms with van der Waals surface area (Å²) in [6, 6.07) is 7.84. The second kappa shape index (κ2) is 5.81. The third-order valence-electron chi connectivity index (χ3n) is 3.84. The minimum Gasteiger partial charge on any atom is -0.491 e. The number of amides is 1. The second-order valence-electron chi connectivity index (χ2n) is 5.23. The van der Waals surface area contributed by atoms with E-state index in [9.17, 15) is 4.79 Å². The van der Waals surface area contributed by atoms with Gasteiger partial charge in [0, 0.05) is 18.7 Å². The van der Waals surface area contributed by atoms with Gasteiger partial charge in [-0.25, -0.2) is 0 Å². The van der Waals surface area contributed by atoms with Crippen LogP contribution in [0.2, 0.25) is 0 Å². The lowest BCUT2D eigenvalue weighted by Gasteiger charge is -2.30. The molecule has 1 aromatic carbocycles. The van der Waals surface area contributed by atoms with Crippen LogP contribution in [0.15, 0.2) is 24.3 Å². The van der Waals surface area contributed by atoms with Gasteiger partial charge in [0.05, 0.1) is 25.3 Å². The zero-order valence-corrected chi connectivity index (χ0v) is 11.7. The summed E-state index contributed by atoms with van der Waals surface area (Å²) in [5.74, 6) is 1.05. The van der Waals surface area contributed by atoms with Gasteiger partial charge in [-0.2, -0.15) is 0 Å². The summed E-state index contributed by atoms with van der Waals surface area (Å²) in [5, 5.41) is 3.38. The van der Waals surface area contributed by atoms with Gasteiger partial charge in [0.1, 0.15) is 12.4 Å². The molecule has 2 atom stereocenters. The van der Waals surface area contributed by atoms with Crippen molar-refractivity contribution < 1.29 is 14.3 Å². The molecule has 0 bridgehead atoms. The molecule has 5 nitrogen and oxygen atoms in total. The van der Waals surface area contributed by atoms with E-state index in [1.54, 1.807) is 0 Å². The summed E-state index contributed by atoms with van der Waals surface area (Å²) < 4.78 is 10.9. The van der Waals surface area contributed by atoms with Crippen LogP contribution in [0.3, 0.4) is 0 Å². The van der Waals surface area contributed by atoms with Crippen LogP contribution in [0.25, 0.3) is 0 Å². The number of para-hydroxylation sites is 1. The van der Waals surface area contributed by atoms with Crippen LogP contribution in [0.4, 0.5) is 0 Å². The molecule has 2 aliphatic rings. The third-order valence-corrected chi connectivity index (χ3v) is 3.84. The van der Waals surface area contributed by atoms with E-state index in [1.807, 2.05) is 36.1 Å². The van der Waals surface area contributed by atoms with Crippen molar-refractivity contribution in [1.82, 2.24) is 10.2 Å². The minimum atomic E-state index is -0.215. The molecular formula is C15H20N2O3. The number of nitrogens with zero attached hydrogens (tertiary/aromatic N) is 1. The topological polar surface area (TPSA) is 50.8 Å². The van der Waals surface area contributed by atoms with Crippen LogP contribution in [0, 0.1) is 0 Å². The van der Waals surface area contributed by atoms with Crippen molar-refractivity contribution in [3.05, 3.63) is 29.8 Å². The van der Waals surface area contributed by atoms with Crippen molar-refractivity contribution in [1.29, 1.82) is 0 Å². The van der Waals surface area contributed by atoms with Crippen molar-refractivity contribution in [2.24, 2.45) is 0 Å². The number of ether oxygens (including phenoxy) is 2. The van der Waals surface area contributed by atoms with Gasteiger partial charge in [0.2, 0.25) is 5.91 Å². The molecule has 1 fully saturated rings. The zero-order chi connectivity index (χ0) is 13.9. The van der Waals surface area contributed by atoms with Gasteiger partial charge in [-0.15, -0.1) is 0 Å². The SMILES string of the molecule is CC(NC1COc2ccccc21)C(=O)N1CCOCC1. The zero-order valence-electron chi connectivity index (χ0n) is 11.7. The third kappa shape index (κ3) is 2.64. The van der Waals surface area contributed by atoms with E-state index >= 15 is 0 Å². The number of hydrogen-bond acceptors (Lipinski definition) is 4. The summed E-state index contributed by atoms with van der Waals surface area (Å²) in [7, 11) is 0. The molecule has 1 saturated heterocycles. The predicted molar refractivity (Wildman–Crippen MR) is 74.7 cm³/mol. The lowest BCUT2D eigenvalue weighted by molar-refractivity contribution is -0.137. The van der Waals surface area contributed by atoms with E-state index in [1.165, 1.54) is 0 Å². The number of hydrogen-bond donors (Lipinski definition) is 1. The summed E-state index contributed by atoms with van der Waals surface area (Å²) in [4.78, 5) is 14.2. The highest BCUT2D eigenvalue weighted by Gasteiger charge is 2.29. The predicted octanol–water partition coefficient (Wildman–Crippen LogP) is 0.957. The van der Waals surface area contributed by atoms with Crippen LogP contribution < -0.4 is 10.1 Å². The highest BCUT2D eigenvalue weighted by atomic mass is 16.5. The van der Waals surface area contributed by atoms with Gasteiger partial charge in [-0.3, -0.25) is 10.1 Å². The number of benzene rings is 1. The molecule has 2 unspecified atom stereocenters. The average molecular weight is 276 g/mol. The van der Waals surface area contributed by atoms with E-state index < -0.39 is 0 Å². The normalized spacial score (nSPS) is 23.1. The maximum absolute atomic E-state index is 12.4. The lowest BCUT2D eigenvalue weighted by atomic mass is 10.1. The van der Waals surface area contributed by atoms with Crippen molar-refractivity contribution in [3.8, 4) is 5.75 Å². The van der Waals surface area contributed by atoms with Crippen molar-refractivity contribution in [2.75, 3.05) is 32.9 Å². The van der Waals surface area contributed by atoms with Gasteiger partial charge in [0.25, 0.3) is 0 Å². The standard InChI is InChI=1S/C15H20N2O3/c1-11(15(18)17-6-8-19-9-7-17)16-13-10-20-14-5-3-2-4-12(13)14/h2-5,11,13,16H,6-10H2,1H3. The largest absolute Gasteiger partial charge is 0.491 e. The molecule has 0 aliphatic carbocycles. The van der Waals surface area contributed by atoms with E-state index in [0.717, 1.165) is 11.3 Å². The van der Waals surface area contributed by atoms with Gasteiger partial charge in [0.15, 0.2) is 0 Å². The molecule has 20 heavy (non-hydrogen) atoms. The Balaban J connectivity index is 1.62. The first-order valence-corrected chi connectivity index (χ1v) is 7.10. The highest BCUT2D eigenvalue weighted by molar-refractivity contribution is 5.81. The van der Waals surface area contributed by atoms with Crippen LogP contribution in [0.5, 0.6) is 5.75 Å². The smallest absolute Gasteiger partial charge is 0.239 e. The minimum absolute atomic E-state index is 0.0891. The Bertz CT molecular complexity index is 486. The van der Waals surface area contributed by atoms with E-state index in [2.05, 4.69) is 5.32 Å². The van der Waals surface area contributed by atoms with Crippen molar-refractivity contribution in [3.63, 3.8) is 0 Å². The second-order valence-corrected chi connectivity index (χ2v) is 5.23. The van der Waals surface area contributed by atoms with Gasteiger partial charge in [-0.1, -0.05) is 18.2 Å². The molecule has 0 saturated carbocycles. The molecule has 5 heteroatoms. The van der Waals surface area contributed by atoms with Gasteiger partial charge < -0.3 is 14.4 Å². The van der Waals surface area contributed by atoms with Crippen LogP contribution in [-0.4, -0.2) is 49.8 Å². The summed E-state index contributed by atoms with van der Waals surface area (Å²) in [6.45, 7) is 5.13. The Kier molecular flexibility index (Phi) is 3.89. The molecule has 3 rings (SSSR count). The molecule has 1 amide bonds. The Labute approximate surface area is 118 Å². The Morgan fingerprint density at radius 1 is 1.35 bits per heavy atom. The molecule has 0 radical (unpaired) electrons. The van der Waals surface area contributed by atoms with Crippen LogP contribution in [-0.2, 0) is 9.53 Å². The molecule has 0 spiro atoms. The van der Waals surface area contributed by atoms with Gasteiger partial charge in [-0.05, 0) is 13.0 Å². The van der Waals surface area contributed by atoms with Crippen molar-refractivity contribution >= 4 is 5.91 Å². The molecule has 2 heterocycles. The first kappa shape index (κ1) is 13.4. The Hall–Kier alpha value is -1.59. The number of carbonyl (C=O) groups excluding carboxylic acids is 1. The maximum Gasteiger partial charge on any atom is 0.239 e. The summed E-state index contributed by atoms with van der Waals surface area (Å²) in [5.41, 5.74) is 1.13. The lowest BCUT2D eigenvalue weighted by Crippen LogP contribution is -2.50. The molecule has 108 valence electrons. The number of morpholine rings is 1. The van der Waals surface area contributed by atoms with E-state index in [0.29, 0.717) is 32.9 Å². The monoisotopic (exact) mass is 276 g/mol. The number of fused-ring (bicyclic) bond motifs is 1. The fourth-order valence-electron chi connectivity index (χ4n) is 2.73. The molecule has 1 aromatic rings. The number of nitrogens with one attached hydrogen (secondary N) is 1. The average Bonchev–Trinajstić information content (AvgIpc) is 2.91. The first-order valence-electron chi connectivity index (χ1n) is 7.10. The molecule has 2 aliphatic heterocycles. The molecule has 1 N–H and O–H groups in total. The Morgan fingerprint density at radius 2 is 2.10 bits per heavy atom. The number of rotatable bonds is 3.